The van der Waals surface area contributed by atoms with Gasteiger partial charge in [-0.15, -0.1) is 0 Å². The standard InChI is InChI=1S/C18H23N3O5S/c1-25-16-8-7-14(10-17(16)26-2)11-20-18(22)13-21(27(3,23)24)12-15-6-4-5-9-19-15/h4-10H,11-13H2,1-3H3,(H,20,22). The van der Waals surface area contributed by atoms with E-state index in [1.54, 1.807) is 49.7 Å². The second-order valence-corrected chi connectivity index (χ2v) is 7.80. The topological polar surface area (TPSA) is 97.8 Å². The minimum atomic E-state index is -3.56. The molecule has 0 saturated heterocycles. The van der Waals surface area contributed by atoms with Crippen molar-refractivity contribution in [1.82, 2.24) is 14.6 Å². The Hall–Kier alpha value is -2.65. The Morgan fingerprint density at radius 2 is 1.89 bits per heavy atom. The fourth-order valence-electron chi connectivity index (χ4n) is 2.37. The first kappa shape index (κ1) is 20.7. The van der Waals surface area contributed by atoms with E-state index in [0.29, 0.717) is 17.2 Å². The summed E-state index contributed by atoms with van der Waals surface area (Å²) in [6.07, 6.45) is 2.64. The van der Waals surface area contributed by atoms with Crippen molar-refractivity contribution < 1.29 is 22.7 Å². The van der Waals surface area contributed by atoms with Gasteiger partial charge in [-0.1, -0.05) is 12.1 Å². The van der Waals surface area contributed by atoms with E-state index in [0.717, 1.165) is 16.1 Å². The van der Waals surface area contributed by atoms with Crippen LogP contribution in [0.25, 0.3) is 0 Å². The fourth-order valence-corrected chi connectivity index (χ4v) is 3.09. The molecule has 9 heteroatoms. The van der Waals surface area contributed by atoms with E-state index in [9.17, 15) is 13.2 Å². The van der Waals surface area contributed by atoms with Crippen molar-refractivity contribution in [3.8, 4) is 11.5 Å². The summed E-state index contributed by atoms with van der Waals surface area (Å²) in [5, 5.41) is 2.71. The highest BCUT2D eigenvalue weighted by molar-refractivity contribution is 7.88. The zero-order chi connectivity index (χ0) is 19.9. The van der Waals surface area contributed by atoms with Crippen LogP contribution >= 0.6 is 0 Å². The third kappa shape index (κ3) is 6.22. The summed E-state index contributed by atoms with van der Waals surface area (Å²) in [7, 11) is -0.493. The molecule has 1 aromatic carbocycles. The molecule has 0 unspecified atom stereocenters. The first-order valence-electron chi connectivity index (χ1n) is 8.16. The number of carbonyl (C=O) groups excluding carboxylic acids is 1. The van der Waals surface area contributed by atoms with Gasteiger partial charge in [0.15, 0.2) is 11.5 Å². The summed E-state index contributed by atoms with van der Waals surface area (Å²) < 4.78 is 35.5. The fraction of sp³-hybridized carbons (Fsp3) is 0.333. The molecule has 2 aromatic rings. The second-order valence-electron chi connectivity index (χ2n) is 5.82. The van der Waals surface area contributed by atoms with Gasteiger partial charge in [0.2, 0.25) is 15.9 Å². The van der Waals surface area contributed by atoms with Crippen LogP contribution in [0.3, 0.4) is 0 Å². The van der Waals surface area contributed by atoms with E-state index in [1.165, 1.54) is 7.11 Å². The number of ether oxygens (including phenoxy) is 2. The minimum absolute atomic E-state index is 0.0312. The van der Waals surface area contributed by atoms with Crippen LogP contribution in [0.4, 0.5) is 0 Å². The third-order valence-electron chi connectivity index (χ3n) is 3.79. The zero-order valence-electron chi connectivity index (χ0n) is 15.5. The number of methoxy groups -OCH3 is 2. The molecule has 0 fully saturated rings. The number of aromatic nitrogens is 1. The van der Waals surface area contributed by atoms with Crippen LogP contribution in [0.1, 0.15) is 11.3 Å². The Kier molecular flexibility index (Phi) is 7.14. The van der Waals surface area contributed by atoms with Crippen LogP contribution < -0.4 is 14.8 Å². The Labute approximate surface area is 159 Å². The number of hydrogen-bond acceptors (Lipinski definition) is 6. The van der Waals surface area contributed by atoms with Gasteiger partial charge in [0.25, 0.3) is 0 Å². The molecule has 0 saturated carbocycles. The van der Waals surface area contributed by atoms with Crippen LogP contribution in [0.15, 0.2) is 42.6 Å². The Bertz CT molecular complexity index is 872. The lowest BCUT2D eigenvalue weighted by atomic mass is 10.2. The summed E-state index contributed by atoms with van der Waals surface area (Å²) in [6, 6.07) is 10.5. The maximum atomic E-state index is 12.2. The number of hydrogen-bond donors (Lipinski definition) is 1. The normalized spacial score (nSPS) is 11.3. The maximum Gasteiger partial charge on any atom is 0.235 e. The molecule has 8 nitrogen and oxygen atoms in total. The van der Waals surface area contributed by atoms with Crippen molar-refractivity contribution in [2.24, 2.45) is 0 Å². The number of rotatable bonds is 9. The molecule has 1 N–H and O–H groups in total. The highest BCUT2D eigenvalue weighted by Crippen LogP contribution is 2.27. The molecular weight excluding hydrogens is 370 g/mol. The average molecular weight is 393 g/mol. The number of pyridine rings is 1. The molecule has 1 heterocycles. The Balaban J connectivity index is 1.99. The average Bonchev–Trinajstić information content (AvgIpc) is 2.65. The van der Waals surface area contributed by atoms with E-state index < -0.39 is 15.9 Å². The third-order valence-corrected chi connectivity index (χ3v) is 4.99. The largest absolute Gasteiger partial charge is 0.493 e. The van der Waals surface area contributed by atoms with Crippen molar-refractivity contribution in [1.29, 1.82) is 0 Å². The molecule has 146 valence electrons. The number of amides is 1. The smallest absolute Gasteiger partial charge is 0.235 e. The number of nitrogens with zero attached hydrogens (tertiary/aromatic N) is 2. The van der Waals surface area contributed by atoms with Crippen LogP contribution in [-0.4, -0.2) is 50.6 Å². The van der Waals surface area contributed by atoms with Crippen molar-refractivity contribution in [2.45, 2.75) is 13.1 Å². The summed E-state index contributed by atoms with van der Waals surface area (Å²) in [4.78, 5) is 16.4. The minimum Gasteiger partial charge on any atom is -0.493 e. The predicted molar refractivity (Wildman–Crippen MR) is 101 cm³/mol. The molecule has 1 aromatic heterocycles. The molecule has 0 bridgehead atoms. The lowest BCUT2D eigenvalue weighted by Crippen LogP contribution is -2.39. The van der Waals surface area contributed by atoms with Crippen LogP contribution in [-0.2, 0) is 27.9 Å². The van der Waals surface area contributed by atoms with Crippen molar-refractivity contribution in [3.63, 3.8) is 0 Å². The summed E-state index contributed by atoms with van der Waals surface area (Å²) >= 11 is 0. The van der Waals surface area contributed by atoms with Crippen LogP contribution in [0.5, 0.6) is 11.5 Å². The van der Waals surface area contributed by atoms with Crippen molar-refractivity contribution in [3.05, 3.63) is 53.9 Å². The molecule has 1 amide bonds. The molecule has 0 atom stereocenters. The number of benzene rings is 1. The van der Waals surface area contributed by atoms with Gasteiger partial charge in [-0.3, -0.25) is 9.78 Å². The number of sulfonamides is 1. The van der Waals surface area contributed by atoms with Gasteiger partial charge < -0.3 is 14.8 Å². The van der Waals surface area contributed by atoms with Crippen molar-refractivity contribution in [2.75, 3.05) is 27.0 Å². The van der Waals surface area contributed by atoms with E-state index in [2.05, 4.69) is 10.3 Å². The van der Waals surface area contributed by atoms with Gasteiger partial charge in [0, 0.05) is 12.7 Å². The van der Waals surface area contributed by atoms with Gasteiger partial charge in [0.1, 0.15) is 0 Å². The molecule has 0 aliphatic rings. The molecule has 2 rings (SSSR count). The van der Waals surface area contributed by atoms with E-state index in [-0.39, 0.29) is 19.6 Å². The Morgan fingerprint density at radius 3 is 2.48 bits per heavy atom. The predicted octanol–water partition coefficient (Wildman–Crippen LogP) is 1.18. The monoisotopic (exact) mass is 393 g/mol. The Morgan fingerprint density at radius 1 is 1.15 bits per heavy atom. The summed E-state index contributed by atoms with van der Waals surface area (Å²) in [6.45, 7) is -0.0213. The van der Waals surface area contributed by atoms with Crippen molar-refractivity contribution >= 4 is 15.9 Å². The van der Waals surface area contributed by atoms with Crippen LogP contribution in [0, 0.1) is 0 Å². The summed E-state index contributed by atoms with van der Waals surface area (Å²) in [5.74, 6) is 0.731. The van der Waals surface area contributed by atoms with E-state index in [1.807, 2.05) is 0 Å². The lowest BCUT2D eigenvalue weighted by molar-refractivity contribution is -0.121. The first-order valence-corrected chi connectivity index (χ1v) is 10.0. The molecular formula is C18H23N3O5S. The zero-order valence-corrected chi connectivity index (χ0v) is 16.3. The van der Waals surface area contributed by atoms with Gasteiger partial charge >= 0.3 is 0 Å². The SMILES string of the molecule is COc1ccc(CNC(=O)CN(Cc2ccccn2)S(C)(=O)=O)cc1OC. The maximum absolute atomic E-state index is 12.2. The lowest BCUT2D eigenvalue weighted by Gasteiger charge is -2.19. The molecule has 0 aliphatic carbocycles. The van der Waals surface area contributed by atoms with E-state index in [4.69, 9.17) is 9.47 Å². The number of carbonyl (C=O) groups is 1. The molecule has 0 radical (unpaired) electrons. The van der Waals surface area contributed by atoms with Gasteiger partial charge in [-0.2, -0.15) is 4.31 Å². The van der Waals surface area contributed by atoms with Gasteiger partial charge in [0.05, 0.1) is 39.3 Å². The number of nitrogens with one attached hydrogen (secondary N) is 1. The molecule has 0 spiro atoms. The van der Waals surface area contributed by atoms with Gasteiger partial charge in [-0.05, 0) is 29.8 Å². The highest BCUT2D eigenvalue weighted by atomic mass is 32.2. The highest BCUT2D eigenvalue weighted by Gasteiger charge is 2.21. The molecule has 0 aliphatic heterocycles. The van der Waals surface area contributed by atoms with E-state index >= 15 is 0 Å². The van der Waals surface area contributed by atoms with Crippen LogP contribution in [0.2, 0.25) is 0 Å². The summed E-state index contributed by atoms with van der Waals surface area (Å²) in [5.41, 5.74) is 1.37. The quantitative estimate of drug-likeness (QED) is 0.687. The second kappa shape index (κ2) is 9.33. The first-order chi connectivity index (χ1) is 12.8. The van der Waals surface area contributed by atoms with Gasteiger partial charge in [-0.25, -0.2) is 8.42 Å². The molecule has 27 heavy (non-hydrogen) atoms.